The van der Waals surface area contributed by atoms with Crippen LogP contribution in [0.3, 0.4) is 0 Å². The maximum absolute atomic E-state index is 13.1. The van der Waals surface area contributed by atoms with Crippen LogP contribution in [0.4, 0.5) is 0 Å². The SMILES string of the molecule is Cc1cc(-c2cn[nH]c2C2CCN(S(=O)(=O)c3ccc4c(c3)OCCO4)CC2)on1. The number of fused-ring (bicyclic) bond motifs is 1. The Labute approximate surface area is 174 Å². The number of aromatic amines is 1. The topological polar surface area (TPSA) is 111 Å². The first-order chi connectivity index (χ1) is 14.5. The van der Waals surface area contributed by atoms with Crippen LogP contribution in [0.5, 0.6) is 11.5 Å². The lowest BCUT2D eigenvalue weighted by atomic mass is 9.92. The average Bonchev–Trinajstić information content (AvgIpc) is 3.42. The zero-order chi connectivity index (χ0) is 20.7. The number of nitrogens with one attached hydrogen (secondary N) is 1. The predicted octanol–water partition coefficient (Wildman–Crippen LogP) is 2.71. The second-order valence-corrected chi connectivity index (χ2v) is 9.45. The Morgan fingerprint density at radius 3 is 2.60 bits per heavy atom. The molecule has 3 aromatic rings. The monoisotopic (exact) mass is 430 g/mol. The summed E-state index contributed by atoms with van der Waals surface area (Å²) in [5, 5.41) is 11.2. The van der Waals surface area contributed by atoms with Crippen LogP contribution in [0.2, 0.25) is 0 Å². The Morgan fingerprint density at radius 1 is 1.10 bits per heavy atom. The van der Waals surface area contributed by atoms with E-state index in [0.29, 0.717) is 56.4 Å². The Kier molecular flexibility index (Phi) is 4.75. The minimum atomic E-state index is -3.60. The molecular formula is C20H22N4O5S. The largest absolute Gasteiger partial charge is 0.486 e. The van der Waals surface area contributed by atoms with E-state index in [1.807, 2.05) is 13.0 Å². The third-order valence-electron chi connectivity index (χ3n) is 5.58. The number of ether oxygens (including phenoxy) is 2. The van der Waals surface area contributed by atoms with E-state index in [1.165, 1.54) is 4.31 Å². The number of aromatic nitrogens is 3. The number of sulfonamides is 1. The molecule has 5 rings (SSSR count). The van der Waals surface area contributed by atoms with E-state index in [2.05, 4.69) is 15.4 Å². The number of piperidine rings is 1. The first-order valence-corrected chi connectivity index (χ1v) is 11.3. The molecule has 0 atom stereocenters. The highest BCUT2D eigenvalue weighted by atomic mass is 32.2. The normalized spacial score (nSPS) is 17.9. The molecule has 0 unspecified atom stereocenters. The summed E-state index contributed by atoms with van der Waals surface area (Å²) >= 11 is 0. The number of hydrogen-bond acceptors (Lipinski definition) is 7. The molecule has 0 bridgehead atoms. The standard InChI is InChI=1S/C20H22N4O5S/c1-13-10-18(29-23-13)16-12-21-22-20(16)14-4-6-24(7-5-14)30(25,26)15-2-3-17-19(11-15)28-9-8-27-17/h2-3,10-12,14H,4-9H2,1H3,(H,21,22). The molecule has 1 aromatic carbocycles. The first kappa shape index (κ1) is 19.1. The van der Waals surface area contributed by atoms with E-state index in [1.54, 1.807) is 24.4 Å². The van der Waals surface area contributed by atoms with E-state index in [4.69, 9.17) is 14.0 Å². The molecule has 2 aliphatic rings. The van der Waals surface area contributed by atoms with Crippen molar-refractivity contribution in [3.8, 4) is 22.8 Å². The molecule has 0 aliphatic carbocycles. The van der Waals surface area contributed by atoms with E-state index in [0.717, 1.165) is 17.0 Å². The van der Waals surface area contributed by atoms with Crippen molar-refractivity contribution in [3.05, 3.63) is 41.9 Å². The van der Waals surface area contributed by atoms with Crippen molar-refractivity contribution in [1.29, 1.82) is 0 Å². The molecule has 10 heteroatoms. The van der Waals surface area contributed by atoms with Crippen molar-refractivity contribution < 1.29 is 22.4 Å². The van der Waals surface area contributed by atoms with Gasteiger partial charge in [0.05, 0.1) is 22.3 Å². The Morgan fingerprint density at radius 2 is 1.87 bits per heavy atom. The van der Waals surface area contributed by atoms with Crippen molar-refractivity contribution in [1.82, 2.24) is 19.7 Å². The zero-order valence-electron chi connectivity index (χ0n) is 16.5. The van der Waals surface area contributed by atoms with Crippen LogP contribution in [0.25, 0.3) is 11.3 Å². The molecule has 2 aliphatic heterocycles. The lowest BCUT2D eigenvalue weighted by molar-refractivity contribution is 0.171. The summed E-state index contributed by atoms with van der Waals surface area (Å²) in [5.74, 6) is 1.89. The van der Waals surface area contributed by atoms with E-state index in [9.17, 15) is 8.42 Å². The van der Waals surface area contributed by atoms with E-state index < -0.39 is 10.0 Å². The van der Waals surface area contributed by atoms with Gasteiger partial charge in [0, 0.05) is 36.8 Å². The summed E-state index contributed by atoms with van der Waals surface area (Å²) in [6.45, 7) is 3.60. The fourth-order valence-corrected chi connectivity index (χ4v) is 5.50. The van der Waals surface area contributed by atoms with Gasteiger partial charge in [0.15, 0.2) is 17.3 Å². The summed E-state index contributed by atoms with van der Waals surface area (Å²) < 4.78 is 44.2. The molecule has 9 nitrogen and oxygen atoms in total. The summed E-state index contributed by atoms with van der Waals surface area (Å²) in [4.78, 5) is 0.226. The fourth-order valence-electron chi connectivity index (χ4n) is 4.01. The maximum atomic E-state index is 13.1. The van der Waals surface area contributed by atoms with Crippen LogP contribution in [-0.2, 0) is 10.0 Å². The number of nitrogens with zero attached hydrogens (tertiary/aromatic N) is 3. The highest BCUT2D eigenvalue weighted by molar-refractivity contribution is 7.89. The van der Waals surface area contributed by atoms with E-state index >= 15 is 0 Å². The van der Waals surface area contributed by atoms with Crippen LogP contribution in [0.15, 0.2) is 39.9 Å². The maximum Gasteiger partial charge on any atom is 0.243 e. The average molecular weight is 430 g/mol. The Hall–Kier alpha value is -2.85. The highest BCUT2D eigenvalue weighted by Crippen LogP contribution is 2.37. The van der Waals surface area contributed by atoms with Crippen molar-refractivity contribution in [2.24, 2.45) is 0 Å². The summed E-state index contributed by atoms with van der Waals surface area (Å²) in [6.07, 6.45) is 3.10. The van der Waals surface area contributed by atoms with Crippen LogP contribution in [0, 0.1) is 6.92 Å². The lowest BCUT2D eigenvalue weighted by Gasteiger charge is -2.31. The third kappa shape index (κ3) is 3.35. The second kappa shape index (κ2) is 7.44. The number of aryl methyl sites for hydroxylation is 1. The van der Waals surface area contributed by atoms with Gasteiger partial charge in [0.25, 0.3) is 0 Å². The van der Waals surface area contributed by atoms with Crippen molar-refractivity contribution in [2.45, 2.75) is 30.6 Å². The molecule has 1 saturated heterocycles. The van der Waals surface area contributed by atoms with Gasteiger partial charge in [-0.15, -0.1) is 0 Å². The Balaban J connectivity index is 1.32. The van der Waals surface area contributed by atoms with E-state index in [-0.39, 0.29) is 10.8 Å². The van der Waals surface area contributed by atoms with Gasteiger partial charge in [0.2, 0.25) is 10.0 Å². The van der Waals surface area contributed by atoms with Gasteiger partial charge in [-0.05, 0) is 31.9 Å². The van der Waals surface area contributed by atoms with Crippen LogP contribution in [-0.4, -0.2) is 54.4 Å². The van der Waals surface area contributed by atoms with Gasteiger partial charge in [-0.3, -0.25) is 5.10 Å². The molecule has 1 fully saturated rings. The minimum Gasteiger partial charge on any atom is -0.486 e. The van der Waals surface area contributed by atoms with Gasteiger partial charge in [-0.1, -0.05) is 5.16 Å². The molecule has 0 saturated carbocycles. The number of H-pyrrole nitrogens is 1. The molecule has 30 heavy (non-hydrogen) atoms. The molecule has 0 amide bonds. The van der Waals surface area contributed by atoms with Crippen molar-refractivity contribution >= 4 is 10.0 Å². The van der Waals surface area contributed by atoms with Crippen molar-refractivity contribution in [3.63, 3.8) is 0 Å². The van der Waals surface area contributed by atoms with Gasteiger partial charge < -0.3 is 14.0 Å². The number of rotatable bonds is 4. The minimum absolute atomic E-state index is 0.166. The quantitative estimate of drug-likeness (QED) is 0.677. The number of hydrogen-bond donors (Lipinski definition) is 1. The van der Waals surface area contributed by atoms with Crippen LogP contribution >= 0.6 is 0 Å². The highest BCUT2D eigenvalue weighted by Gasteiger charge is 2.32. The summed E-state index contributed by atoms with van der Waals surface area (Å²) in [6, 6.07) is 6.66. The van der Waals surface area contributed by atoms with Gasteiger partial charge in [-0.2, -0.15) is 9.40 Å². The van der Waals surface area contributed by atoms with Crippen molar-refractivity contribution in [2.75, 3.05) is 26.3 Å². The molecule has 2 aromatic heterocycles. The fraction of sp³-hybridized carbons (Fsp3) is 0.400. The van der Waals surface area contributed by atoms with Gasteiger partial charge >= 0.3 is 0 Å². The third-order valence-corrected chi connectivity index (χ3v) is 7.47. The smallest absolute Gasteiger partial charge is 0.243 e. The summed E-state index contributed by atoms with van der Waals surface area (Å²) in [7, 11) is -3.60. The second-order valence-electron chi connectivity index (χ2n) is 7.51. The zero-order valence-corrected chi connectivity index (χ0v) is 17.3. The van der Waals surface area contributed by atoms with Gasteiger partial charge in [0.1, 0.15) is 13.2 Å². The molecular weight excluding hydrogens is 408 g/mol. The van der Waals surface area contributed by atoms with Crippen LogP contribution in [0.1, 0.15) is 30.1 Å². The predicted molar refractivity (Wildman–Crippen MR) is 107 cm³/mol. The molecule has 158 valence electrons. The molecule has 0 radical (unpaired) electrons. The molecule has 4 heterocycles. The molecule has 0 spiro atoms. The molecule has 1 N–H and O–H groups in total. The van der Waals surface area contributed by atoms with Crippen LogP contribution < -0.4 is 9.47 Å². The summed E-state index contributed by atoms with van der Waals surface area (Å²) in [5.41, 5.74) is 2.64. The number of benzene rings is 1. The lowest BCUT2D eigenvalue weighted by Crippen LogP contribution is -2.38. The first-order valence-electron chi connectivity index (χ1n) is 9.89. The Bertz CT molecular complexity index is 1160. The van der Waals surface area contributed by atoms with Gasteiger partial charge in [-0.25, -0.2) is 8.42 Å².